The van der Waals surface area contributed by atoms with Crippen molar-refractivity contribution in [3.8, 4) is 0 Å². The maximum absolute atomic E-state index is 12.4. The van der Waals surface area contributed by atoms with Crippen LogP contribution in [0.15, 0.2) is 30.3 Å². The van der Waals surface area contributed by atoms with Crippen molar-refractivity contribution in [1.82, 2.24) is 0 Å². The van der Waals surface area contributed by atoms with Gasteiger partial charge in [-0.3, -0.25) is 0 Å². The molecular formula is C13H14ClF3. The van der Waals surface area contributed by atoms with E-state index < -0.39 is 6.18 Å². The number of rotatable bonds is 4. The highest BCUT2D eigenvalue weighted by Gasteiger charge is 2.24. The van der Waals surface area contributed by atoms with Crippen LogP contribution in [-0.2, 0) is 0 Å². The summed E-state index contributed by atoms with van der Waals surface area (Å²) in [5, 5.41) is 0.524. The van der Waals surface area contributed by atoms with E-state index in [4.69, 9.17) is 11.6 Å². The summed E-state index contributed by atoms with van der Waals surface area (Å²) in [6.07, 6.45) is -1.86. The lowest BCUT2D eigenvalue weighted by Gasteiger charge is -2.09. The third-order valence-electron chi connectivity index (χ3n) is 2.35. The van der Waals surface area contributed by atoms with Gasteiger partial charge in [-0.05, 0) is 36.1 Å². The molecule has 0 aliphatic heterocycles. The van der Waals surface area contributed by atoms with Crippen LogP contribution in [0.5, 0.6) is 0 Å². The van der Waals surface area contributed by atoms with Gasteiger partial charge in [0.05, 0.1) is 0 Å². The van der Waals surface area contributed by atoms with Crippen molar-refractivity contribution in [1.29, 1.82) is 0 Å². The summed E-state index contributed by atoms with van der Waals surface area (Å²) in [4.78, 5) is 0. The van der Waals surface area contributed by atoms with Gasteiger partial charge in [0, 0.05) is 11.1 Å². The normalized spacial score (nSPS) is 12.9. The zero-order valence-corrected chi connectivity index (χ0v) is 10.3. The third-order valence-corrected chi connectivity index (χ3v) is 2.60. The first-order valence-electron chi connectivity index (χ1n) is 5.47. The fourth-order valence-corrected chi connectivity index (χ4v) is 1.65. The molecule has 17 heavy (non-hydrogen) atoms. The molecule has 0 spiro atoms. The van der Waals surface area contributed by atoms with Crippen LogP contribution < -0.4 is 0 Å². The standard InChI is InChI=1S/C13H14ClF3/c1-2-3-4-11(9-13(15,16)17)10-5-7-12(14)8-6-10/h5-9H,2-4H2,1H3/b11-9-. The van der Waals surface area contributed by atoms with Crippen molar-refractivity contribution in [3.05, 3.63) is 40.9 Å². The molecule has 1 rings (SSSR count). The minimum absolute atomic E-state index is 0.316. The second-order valence-electron chi connectivity index (χ2n) is 3.82. The Balaban J connectivity index is 2.97. The van der Waals surface area contributed by atoms with Crippen molar-refractivity contribution in [2.75, 3.05) is 0 Å². The predicted molar refractivity (Wildman–Crippen MR) is 65.0 cm³/mol. The maximum atomic E-state index is 12.4. The third kappa shape index (κ3) is 5.26. The van der Waals surface area contributed by atoms with Gasteiger partial charge in [0.25, 0.3) is 0 Å². The summed E-state index contributed by atoms with van der Waals surface area (Å²) in [7, 11) is 0. The molecule has 0 aliphatic carbocycles. The number of allylic oxidation sites excluding steroid dienone is 2. The lowest BCUT2D eigenvalue weighted by atomic mass is 10.00. The molecule has 1 aromatic carbocycles. The molecule has 0 saturated carbocycles. The summed E-state index contributed by atoms with van der Waals surface area (Å²) < 4.78 is 37.2. The fraction of sp³-hybridized carbons (Fsp3) is 0.385. The lowest BCUT2D eigenvalue weighted by Crippen LogP contribution is -2.03. The molecule has 0 unspecified atom stereocenters. The Kier molecular flexibility index (Phi) is 5.06. The minimum Gasteiger partial charge on any atom is -0.167 e. The molecule has 0 atom stereocenters. The summed E-state index contributed by atoms with van der Waals surface area (Å²) in [5.41, 5.74) is 0.899. The van der Waals surface area contributed by atoms with E-state index in [2.05, 4.69) is 0 Å². The SMILES string of the molecule is CCCC/C(=C/C(F)(F)F)c1ccc(Cl)cc1. The molecule has 0 aromatic heterocycles. The van der Waals surface area contributed by atoms with Gasteiger partial charge in [-0.25, -0.2) is 0 Å². The first-order valence-corrected chi connectivity index (χ1v) is 5.84. The highest BCUT2D eigenvalue weighted by atomic mass is 35.5. The lowest BCUT2D eigenvalue weighted by molar-refractivity contribution is -0.0794. The Morgan fingerprint density at radius 1 is 1.24 bits per heavy atom. The Bertz CT molecular complexity index is 377. The van der Waals surface area contributed by atoms with Crippen LogP contribution in [0.1, 0.15) is 31.7 Å². The van der Waals surface area contributed by atoms with E-state index in [9.17, 15) is 13.2 Å². The van der Waals surface area contributed by atoms with Gasteiger partial charge in [0.15, 0.2) is 0 Å². The molecule has 0 N–H and O–H groups in total. The monoisotopic (exact) mass is 262 g/mol. The van der Waals surface area contributed by atoms with Gasteiger partial charge >= 0.3 is 6.18 Å². The average molecular weight is 263 g/mol. The first kappa shape index (κ1) is 14.1. The molecular weight excluding hydrogens is 249 g/mol. The van der Waals surface area contributed by atoms with E-state index in [0.717, 1.165) is 12.8 Å². The zero-order chi connectivity index (χ0) is 12.9. The van der Waals surface area contributed by atoms with E-state index in [1.54, 1.807) is 24.3 Å². The number of unbranched alkanes of at least 4 members (excludes halogenated alkanes) is 1. The topological polar surface area (TPSA) is 0 Å². The minimum atomic E-state index is -4.28. The largest absolute Gasteiger partial charge is 0.410 e. The van der Waals surface area contributed by atoms with Crippen LogP contribution in [0.25, 0.3) is 5.57 Å². The molecule has 0 radical (unpaired) electrons. The van der Waals surface area contributed by atoms with Crippen LogP contribution >= 0.6 is 11.6 Å². The molecule has 0 amide bonds. The molecule has 0 nitrogen and oxygen atoms in total. The van der Waals surface area contributed by atoms with E-state index in [0.29, 0.717) is 28.7 Å². The van der Waals surface area contributed by atoms with Crippen LogP contribution in [0.2, 0.25) is 5.02 Å². The van der Waals surface area contributed by atoms with Crippen molar-refractivity contribution in [2.45, 2.75) is 32.4 Å². The van der Waals surface area contributed by atoms with Crippen molar-refractivity contribution < 1.29 is 13.2 Å². The number of hydrogen-bond donors (Lipinski definition) is 0. The Morgan fingerprint density at radius 3 is 2.29 bits per heavy atom. The van der Waals surface area contributed by atoms with Crippen molar-refractivity contribution in [2.24, 2.45) is 0 Å². The molecule has 0 aliphatic rings. The number of hydrogen-bond acceptors (Lipinski definition) is 0. The summed E-state index contributed by atoms with van der Waals surface area (Å²) in [6.45, 7) is 1.95. The van der Waals surface area contributed by atoms with Crippen LogP contribution in [0.4, 0.5) is 13.2 Å². The summed E-state index contributed by atoms with van der Waals surface area (Å²) >= 11 is 5.71. The highest BCUT2D eigenvalue weighted by molar-refractivity contribution is 6.30. The van der Waals surface area contributed by atoms with Crippen molar-refractivity contribution >= 4 is 17.2 Å². The van der Waals surface area contributed by atoms with Gasteiger partial charge in [-0.1, -0.05) is 37.1 Å². The van der Waals surface area contributed by atoms with Crippen molar-refractivity contribution in [3.63, 3.8) is 0 Å². The predicted octanol–water partition coefficient (Wildman–Crippen LogP) is 5.48. The zero-order valence-electron chi connectivity index (χ0n) is 9.52. The van der Waals surface area contributed by atoms with Crippen LogP contribution in [-0.4, -0.2) is 6.18 Å². The quantitative estimate of drug-likeness (QED) is 0.674. The second-order valence-corrected chi connectivity index (χ2v) is 4.26. The Labute approximate surface area is 104 Å². The summed E-state index contributed by atoms with van der Waals surface area (Å²) in [5.74, 6) is 0. The molecule has 0 heterocycles. The van der Waals surface area contributed by atoms with Gasteiger partial charge in [0.2, 0.25) is 0 Å². The number of halogens is 4. The molecule has 0 saturated heterocycles. The molecule has 4 heteroatoms. The smallest absolute Gasteiger partial charge is 0.167 e. The summed E-state index contributed by atoms with van der Waals surface area (Å²) in [6, 6.07) is 6.45. The van der Waals surface area contributed by atoms with E-state index in [-0.39, 0.29) is 0 Å². The van der Waals surface area contributed by atoms with Crippen LogP contribution in [0.3, 0.4) is 0 Å². The molecule has 94 valence electrons. The van der Waals surface area contributed by atoms with E-state index in [1.165, 1.54) is 0 Å². The number of benzene rings is 1. The van der Waals surface area contributed by atoms with Gasteiger partial charge < -0.3 is 0 Å². The molecule has 0 fully saturated rings. The Hall–Kier alpha value is -0.960. The van der Waals surface area contributed by atoms with Gasteiger partial charge in [0.1, 0.15) is 0 Å². The van der Waals surface area contributed by atoms with Crippen LogP contribution in [0, 0.1) is 0 Å². The number of alkyl halides is 3. The maximum Gasteiger partial charge on any atom is 0.410 e. The fourth-order valence-electron chi connectivity index (χ4n) is 1.53. The molecule has 0 bridgehead atoms. The van der Waals surface area contributed by atoms with E-state index >= 15 is 0 Å². The van der Waals surface area contributed by atoms with Gasteiger partial charge in [-0.2, -0.15) is 13.2 Å². The van der Waals surface area contributed by atoms with Gasteiger partial charge in [-0.15, -0.1) is 0 Å². The van der Waals surface area contributed by atoms with E-state index in [1.807, 2.05) is 6.92 Å². The molecule has 1 aromatic rings. The Morgan fingerprint density at radius 2 is 1.82 bits per heavy atom. The second kappa shape index (κ2) is 6.10. The average Bonchev–Trinajstić information content (AvgIpc) is 2.24. The first-order chi connectivity index (χ1) is 7.92. The highest BCUT2D eigenvalue weighted by Crippen LogP contribution is 2.28.